The molecule has 0 aliphatic carbocycles. The summed E-state index contributed by atoms with van der Waals surface area (Å²) in [5.41, 5.74) is 2.22. The average molecular weight is 555 g/mol. The second-order valence-electron chi connectivity index (χ2n) is 12.0. The first-order valence-electron chi connectivity index (χ1n) is 13.9. The number of methoxy groups -OCH3 is 2. The minimum atomic E-state index is -2.08. The molecule has 0 aliphatic rings. The summed E-state index contributed by atoms with van der Waals surface area (Å²) in [7, 11) is 1.27. The Morgan fingerprint density at radius 1 is 0.872 bits per heavy atom. The summed E-state index contributed by atoms with van der Waals surface area (Å²) >= 11 is 0. The Bertz CT molecular complexity index is 993. The Morgan fingerprint density at radius 3 is 2.03 bits per heavy atom. The van der Waals surface area contributed by atoms with Gasteiger partial charge in [-0.3, -0.25) is 0 Å². The van der Waals surface area contributed by atoms with Crippen molar-refractivity contribution in [3.8, 4) is 18.1 Å². The molecular formula is C33H50O5Si. The van der Waals surface area contributed by atoms with Crippen LogP contribution in [0.3, 0.4) is 0 Å². The Balaban J connectivity index is 2.25. The first-order chi connectivity index (χ1) is 18.4. The number of benzene rings is 2. The lowest BCUT2D eigenvalue weighted by Gasteiger charge is -2.43. The normalized spacial score (nSPS) is 16.1. The lowest BCUT2D eigenvalue weighted by atomic mass is 9.84. The molecule has 0 aromatic heterocycles. The molecule has 0 saturated heterocycles. The lowest BCUT2D eigenvalue weighted by molar-refractivity contribution is -0.0627. The molecule has 0 radical (unpaired) electrons. The molecule has 5 nitrogen and oxygen atoms in total. The quantitative estimate of drug-likeness (QED) is 0.159. The third-order valence-electron chi connectivity index (χ3n) is 8.12. The molecule has 0 bridgehead atoms. The van der Waals surface area contributed by atoms with Crippen LogP contribution >= 0.6 is 0 Å². The van der Waals surface area contributed by atoms with Gasteiger partial charge >= 0.3 is 0 Å². The highest BCUT2D eigenvalue weighted by atomic mass is 28.4. The van der Waals surface area contributed by atoms with Crippen LogP contribution in [0.25, 0.3) is 0 Å². The van der Waals surface area contributed by atoms with Crippen molar-refractivity contribution in [3.63, 3.8) is 0 Å². The van der Waals surface area contributed by atoms with E-state index in [1.807, 2.05) is 42.5 Å². The first-order valence-corrected chi connectivity index (χ1v) is 16.9. The zero-order valence-electron chi connectivity index (χ0n) is 25.5. The van der Waals surface area contributed by atoms with Gasteiger partial charge < -0.3 is 23.4 Å². The van der Waals surface area contributed by atoms with E-state index in [0.29, 0.717) is 26.2 Å². The Kier molecular flexibility index (Phi) is 13.2. The van der Waals surface area contributed by atoms with E-state index in [9.17, 15) is 0 Å². The topological polar surface area (TPSA) is 46.2 Å². The van der Waals surface area contributed by atoms with Gasteiger partial charge in [-0.15, -0.1) is 6.42 Å². The highest BCUT2D eigenvalue weighted by Crippen LogP contribution is 2.40. The van der Waals surface area contributed by atoms with Gasteiger partial charge in [0, 0.05) is 13.5 Å². The Hall–Kier alpha value is -2.14. The van der Waals surface area contributed by atoms with Crippen molar-refractivity contribution in [2.75, 3.05) is 20.8 Å². The maximum absolute atomic E-state index is 7.06. The molecule has 0 fully saturated rings. The number of rotatable bonds is 16. The summed E-state index contributed by atoms with van der Waals surface area (Å²) in [4.78, 5) is 0. The van der Waals surface area contributed by atoms with Crippen LogP contribution in [0.15, 0.2) is 54.6 Å². The van der Waals surface area contributed by atoms with E-state index in [2.05, 4.69) is 65.8 Å². The van der Waals surface area contributed by atoms with Crippen LogP contribution < -0.4 is 4.74 Å². The van der Waals surface area contributed by atoms with Crippen molar-refractivity contribution >= 4 is 8.32 Å². The van der Waals surface area contributed by atoms with Crippen LogP contribution in [0.4, 0.5) is 0 Å². The van der Waals surface area contributed by atoms with Crippen LogP contribution in [0.1, 0.15) is 52.2 Å². The van der Waals surface area contributed by atoms with E-state index in [1.54, 1.807) is 14.2 Å². The molecule has 0 N–H and O–H groups in total. The first kappa shape index (κ1) is 33.1. The Morgan fingerprint density at radius 2 is 1.49 bits per heavy atom. The van der Waals surface area contributed by atoms with Gasteiger partial charge in [-0.25, -0.2) is 0 Å². The molecule has 5 atom stereocenters. The molecule has 0 heterocycles. The number of ether oxygens (including phenoxy) is 4. The van der Waals surface area contributed by atoms with Crippen molar-refractivity contribution in [1.82, 2.24) is 0 Å². The van der Waals surface area contributed by atoms with E-state index in [1.165, 1.54) is 0 Å². The van der Waals surface area contributed by atoms with Gasteiger partial charge in [-0.05, 0) is 53.2 Å². The van der Waals surface area contributed by atoms with Gasteiger partial charge in [0.2, 0.25) is 0 Å². The highest BCUT2D eigenvalue weighted by Gasteiger charge is 2.42. The lowest BCUT2D eigenvalue weighted by Crippen LogP contribution is -2.48. The fraction of sp³-hybridized carbons (Fsp3) is 0.576. The van der Waals surface area contributed by atoms with Crippen molar-refractivity contribution < 1.29 is 23.4 Å². The fourth-order valence-electron chi connectivity index (χ4n) is 4.24. The zero-order chi connectivity index (χ0) is 29.1. The van der Waals surface area contributed by atoms with E-state index in [0.717, 1.165) is 16.9 Å². The van der Waals surface area contributed by atoms with E-state index >= 15 is 0 Å². The summed E-state index contributed by atoms with van der Waals surface area (Å²) < 4.78 is 30.7. The summed E-state index contributed by atoms with van der Waals surface area (Å²) in [5, 5.41) is 0.0756. The van der Waals surface area contributed by atoms with Crippen molar-refractivity contribution in [1.29, 1.82) is 0 Å². The van der Waals surface area contributed by atoms with Gasteiger partial charge in [-0.1, -0.05) is 83.0 Å². The monoisotopic (exact) mass is 554 g/mol. The smallest absolute Gasteiger partial charge is 0.192 e. The third-order valence-corrected chi connectivity index (χ3v) is 12.6. The number of hydrogen-bond acceptors (Lipinski definition) is 5. The maximum atomic E-state index is 7.06. The van der Waals surface area contributed by atoms with E-state index in [4.69, 9.17) is 29.8 Å². The SMILES string of the molecule is C#CC(OC)[C@@H](C)[C@H](C)C(C[C@@H](COCc1ccc(OC)cc1)OCc1ccccc1)O[Si](C)(C)C(C)(C)C. The summed E-state index contributed by atoms with van der Waals surface area (Å²) in [5.74, 6) is 3.91. The largest absolute Gasteiger partial charge is 0.497 e. The molecular weight excluding hydrogens is 504 g/mol. The summed E-state index contributed by atoms with van der Waals surface area (Å²) in [6.45, 7) is 17.2. The minimum absolute atomic E-state index is 0.0581. The van der Waals surface area contributed by atoms with Crippen molar-refractivity contribution in [2.24, 2.45) is 11.8 Å². The van der Waals surface area contributed by atoms with Crippen LogP contribution in [-0.4, -0.2) is 47.5 Å². The average Bonchev–Trinajstić information content (AvgIpc) is 2.91. The van der Waals surface area contributed by atoms with Gasteiger partial charge in [0.25, 0.3) is 0 Å². The second-order valence-corrected chi connectivity index (χ2v) is 16.7. The van der Waals surface area contributed by atoms with E-state index < -0.39 is 8.32 Å². The third kappa shape index (κ3) is 10.4. The minimum Gasteiger partial charge on any atom is -0.497 e. The number of terminal acetylenes is 1. The van der Waals surface area contributed by atoms with Gasteiger partial charge in [0.15, 0.2) is 8.32 Å². The van der Waals surface area contributed by atoms with Gasteiger partial charge in [-0.2, -0.15) is 0 Å². The Labute approximate surface area is 238 Å². The molecule has 2 unspecified atom stereocenters. The maximum Gasteiger partial charge on any atom is 0.192 e. The summed E-state index contributed by atoms with van der Waals surface area (Å²) in [6, 6.07) is 18.2. The van der Waals surface area contributed by atoms with Crippen molar-refractivity contribution in [3.05, 3.63) is 65.7 Å². The van der Waals surface area contributed by atoms with Gasteiger partial charge in [0.05, 0.1) is 39.1 Å². The highest BCUT2D eigenvalue weighted by molar-refractivity contribution is 6.74. The molecule has 39 heavy (non-hydrogen) atoms. The van der Waals surface area contributed by atoms with Crippen LogP contribution in [-0.2, 0) is 31.9 Å². The van der Waals surface area contributed by atoms with E-state index in [-0.39, 0.29) is 35.2 Å². The predicted molar refractivity (Wildman–Crippen MR) is 162 cm³/mol. The van der Waals surface area contributed by atoms with Crippen molar-refractivity contribution in [2.45, 2.75) is 90.7 Å². The molecule has 0 aliphatic heterocycles. The molecule has 0 spiro atoms. The summed E-state index contributed by atoms with van der Waals surface area (Å²) in [6.07, 6.45) is 6.03. The molecule has 2 aromatic carbocycles. The zero-order valence-corrected chi connectivity index (χ0v) is 26.5. The molecule has 2 aromatic rings. The molecule has 2 rings (SSSR count). The van der Waals surface area contributed by atoms with Crippen LogP contribution in [0.2, 0.25) is 18.1 Å². The molecule has 0 saturated carbocycles. The molecule has 6 heteroatoms. The van der Waals surface area contributed by atoms with Gasteiger partial charge in [0.1, 0.15) is 11.9 Å². The molecule has 216 valence electrons. The van der Waals surface area contributed by atoms with Crippen LogP contribution in [0.5, 0.6) is 5.75 Å². The molecule has 0 amide bonds. The standard InChI is InChI=1S/C33H50O5Si/c1-11-31(35-8)25(2)26(3)32(38-39(9,10)33(4,5)6)21-30(37-23-27-15-13-12-14-16-27)24-36-22-28-17-19-29(34-7)20-18-28/h1,12-20,25-26,30-32H,21-24H2,2-10H3/t25-,26-,30-,31?,32?/m0/s1. The predicted octanol–water partition coefficient (Wildman–Crippen LogP) is 7.50. The fourth-order valence-corrected chi connectivity index (χ4v) is 5.66. The van der Waals surface area contributed by atoms with Crippen LogP contribution in [0, 0.1) is 24.2 Å². The number of hydrogen-bond donors (Lipinski definition) is 0. The second kappa shape index (κ2) is 15.6.